The Kier molecular flexibility index (Phi) is 3.18. The number of benzene rings is 1. The van der Waals surface area contributed by atoms with Crippen LogP contribution in [0.15, 0.2) is 18.2 Å². The Balaban J connectivity index is 1.84. The van der Waals surface area contributed by atoms with Gasteiger partial charge in [-0.2, -0.15) is 0 Å². The summed E-state index contributed by atoms with van der Waals surface area (Å²) in [7, 11) is 0. The van der Waals surface area contributed by atoms with E-state index in [1.165, 1.54) is 6.42 Å². The van der Waals surface area contributed by atoms with Crippen LogP contribution in [0.2, 0.25) is 0 Å². The molecule has 2 aliphatic heterocycles. The number of carbonyl (C=O) groups is 1. The van der Waals surface area contributed by atoms with Gasteiger partial charge in [0.1, 0.15) is 11.6 Å². The Morgan fingerprint density at radius 2 is 2.17 bits per heavy atom. The summed E-state index contributed by atoms with van der Waals surface area (Å²) in [6.45, 7) is 7.15. The number of ether oxygens (including phenoxy) is 1. The van der Waals surface area contributed by atoms with Crippen LogP contribution in [0.4, 0.5) is 5.69 Å². The smallest absolute Gasteiger partial charge is 0.265 e. The fraction of sp³-hybridized carbons (Fsp3) is 0.444. The van der Waals surface area contributed by atoms with E-state index in [1.54, 1.807) is 6.92 Å². The van der Waals surface area contributed by atoms with E-state index in [2.05, 4.69) is 23.7 Å². The minimum absolute atomic E-state index is 0.111. The summed E-state index contributed by atoms with van der Waals surface area (Å²) in [6, 6.07) is 5.85. The molecule has 3 heterocycles. The maximum Gasteiger partial charge on any atom is 0.265 e. The lowest BCUT2D eigenvalue weighted by Crippen LogP contribution is -2.34. The van der Waals surface area contributed by atoms with Crippen molar-refractivity contribution < 1.29 is 9.53 Å². The Labute approximate surface area is 135 Å². The molecule has 0 bridgehead atoms. The van der Waals surface area contributed by atoms with Gasteiger partial charge >= 0.3 is 0 Å². The van der Waals surface area contributed by atoms with Gasteiger partial charge in [-0.05, 0) is 32.3 Å². The average Bonchev–Trinajstić information content (AvgIpc) is 2.84. The van der Waals surface area contributed by atoms with E-state index in [9.17, 15) is 4.79 Å². The first-order chi connectivity index (χ1) is 11.0. The predicted octanol–water partition coefficient (Wildman–Crippen LogP) is 3.16. The molecule has 4 rings (SSSR count). The predicted molar refractivity (Wildman–Crippen MR) is 88.6 cm³/mol. The molecule has 23 heavy (non-hydrogen) atoms. The molecule has 1 N–H and O–H groups in total. The Morgan fingerprint density at radius 1 is 1.35 bits per heavy atom. The number of nitrogens with one attached hydrogen (secondary N) is 1. The van der Waals surface area contributed by atoms with Crippen LogP contribution in [0.1, 0.15) is 31.8 Å². The SMILES string of the molecule is Cc1c(-c2cccc3c2NC(=O)C(C)O3)nc2n1CCC(C)C2. The summed E-state index contributed by atoms with van der Waals surface area (Å²) in [6.07, 6.45) is 1.74. The zero-order valence-electron chi connectivity index (χ0n) is 13.7. The van der Waals surface area contributed by atoms with Gasteiger partial charge in [-0.1, -0.05) is 19.1 Å². The van der Waals surface area contributed by atoms with Crippen LogP contribution in [-0.4, -0.2) is 21.6 Å². The standard InChI is InChI=1S/C18H21N3O2/c1-10-7-8-21-11(2)16(19-15(21)9-10)13-5-4-6-14-17(13)20-18(22)12(3)23-14/h4-6,10,12H,7-9H2,1-3H3,(H,20,22). The monoisotopic (exact) mass is 311 g/mol. The van der Waals surface area contributed by atoms with Crippen molar-refractivity contribution in [2.75, 3.05) is 5.32 Å². The number of hydrogen-bond acceptors (Lipinski definition) is 3. The lowest BCUT2D eigenvalue weighted by Gasteiger charge is -2.25. The van der Waals surface area contributed by atoms with Crippen LogP contribution in [0.3, 0.4) is 0 Å². The topological polar surface area (TPSA) is 56.1 Å². The summed E-state index contributed by atoms with van der Waals surface area (Å²) in [5.41, 5.74) is 3.79. The lowest BCUT2D eigenvalue weighted by molar-refractivity contribution is -0.122. The molecular weight excluding hydrogens is 290 g/mol. The largest absolute Gasteiger partial charge is 0.479 e. The summed E-state index contributed by atoms with van der Waals surface area (Å²) in [4.78, 5) is 16.9. The van der Waals surface area contributed by atoms with Gasteiger partial charge in [0.05, 0.1) is 11.4 Å². The highest BCUT2D eigenvalue weighted by Crippen LogP contribution is 2.40. The molecule has 120 valence electrons. The van der Waals surface area contributed by atoms with Gasteiger partial charge in [0.25, 0.3) is 5.91 Å². The average molecular weight is 311 g/mol. The number of imidazole rings is 1. The fourth-order valence-electron chi connectivity index (χ4n) is 3.49. The van der Waals surface area contributed by atoms with Crippen molar-refractivity contribution >= 4 is 11.6 Å². The van der Waals surface area contributed by atoms with Crippen LogP contribution < -0.4 is 10.1 Å². The molecular formula is C18H21N3O2. The Hall–Kier alpha value is -2.30. The first kappa shape index (κ1) is 14.3. The molecule has 0 spiro atoms. The Bertz CT molecular complexity index is 794. The maximum atomic E-state index is 12.0. The number of anilines is 1. The molecule has 2 aliphatic rings. The summed E-state index contributed by atoms with van der Waals surface area (Å²) in [5.74, 6) is 2.42. The van der Waals surface area contributed by atoms with Crippen molar-refractivity contribution in [1.82, 2.24) is 9.55 Å². The molecule has 2 unspecified atom stereocenters. The molecule has 0 aliphatic carbocycles. The van der Waals surface area contributed by atoms with Crippen LogP contribution in [0.5, 0.6) is 5.75 Å². The highest BCUT2D eigenvalue weighted by molar-refractivity contribution is 6.01. The number of rotatable bonds is 1. The van der Waals surface area contributed by atoms with E-state index in [0.29, 0.717) is 11.7 Å². The molecule has 1 aromatic carbocycles. The Morgan fingerprint density at radius 3 is 3.00 bits per heavy atom. The molecule has 0 radical (unpaired) electrons. The zero-order chi connectivity index (χ0) is 16.1. The summed E-state index contributed by atoms with van der Waals surface area (Å²) in [5, 5.41) is 2.98. The maximum absolute atomic E-state index is 12.0. The van der Waals surface area contributed by atoms with Crippen molar-refractivity contribution in [2.45, 2.75) is 46.3 Å². The molecule has 0 fully saturated rings. The summed E-state index contributed by atoms with van der Waals surface area (Å²) < 4.78 is 8.03. The van der Waals surface area contributed by atoms with Crippen LogP contribution in [-0.2, 0) is 17.8 Å². The van der Waals surface area contributed by atoms with Crippen molar-refractivity contribution in [2.24, 2.45) is 5.92 Å². The lowest BCUT2D eigenvalue weighted by atomic mass is 10.0. The molecule has 2 aromatic rings. The minimum Gasteiger partial charge on any atom is -0.479 e. The molecule has 0 saturated heterocycles. The van der Waals surface area contributed by atoms with Crippen molar-refractivity contribution in [3.05, 3.63) is 29.7 Å². The van der Waals surface area contributed by atoms with Gasteiger partial charge in [-0.15, -0.1) is 0 Å². The van der Waals surface area contributed by atoms with E-state index in [-0.39, 0.29) is 5.91 Å². The van der Waals surface area contributed by atoms with Gasteiger partial charge in [-0.3, -0.25) is 4.79 Å². The minimum atomic E-state index is -0.463. The summed E-state index contributed by atoms with van der Waals surface area (Å²) >= 11 is 0. The molecule has 0 saturated carbocycles. The van der Waals surface area contributed by atoms with Gasteiger partial charge in [0.15, 0.2) is 6.10 Å². The second kappa shape index (κ2) is 5.11. The number of amides is 1. The van der Waals surface area contributed by atoms with Crippen LogP contribution in [0, 0.1) is 12.8 Å². The number of hydrogen-bond donors (Lipinski definition) is 1. The molecule has 2 atom stereocenters. The van der Waals surface area contributed by atoms with Gasteiger partial charge in [0, 0.05) is 24.2 Å². The number of para-hydroxylation sites is 1. The third-order valence-corrected chi connectivity index (χ3v) is 4.88. The van der Waals surface area contributed by atoms with E-state index in [0.717, 1.165) is 41.4 Å². The van der Waals surface area contributed by atoms with Crippen molar-refractivity contribution in [1.29, 1.82) is 0 Å². The second-order valence-corrected chi connectivity index (χ2v) is 6.64. The van der Waals surface area contributed by atoms with E-state index >= 15 is 0 Å². The normalized spacial score (nSPS) is 22.8. The van der Waals surface area contributed by atoms with Crippen molar-refractivity contribution in [3.63, 3.8) is 0 Å². The molecule has 1 aromatic heterocycles. The third-order valence-electron chi connectivity index (χ3n) is 4.88. The fourth-order valence-corrected chi connectivity index (χ4v) is 3.49. The second-order valence-electron chi connectivity index (χ2n) is 6.64. The first-order valence-electron chi connectivity index (χ1n) is 8.21. The molecule has 1 amide bonds. The number of carbonyl (C=O) groups excluding carboxylic acids is 1. The van der Waals surface area contributed by atoms with E-state index in [4.69, 9.17) is 9.72 Å². The van der Waals surface area contributed by atoms with Gasteiger partial charge in [-0.25, -0.2) is 4.98 Å². The van der Waals surface area contributed by atoms with Crippen LogP contribution in [0.25, 0.3) is 11.3 Å². The number of aromatic nitrogens is 2. The molecule has 5 heteroatoms. The highest BCUT2D eigenvalue weighted by atomic mass is 16.5. The van der Waals surface area contributed by atoms with E-state index < -0.39 is 6.10 Å². The van der Waals surface area contributed by atoms with Gasteiger partial charge < -0.3 is 14.6 Å². The third kappa shape index (κ3) is 2.22. The van der Waals surface area contributed by atoms with Gasteiger partial charge in [0.2, 0.25) is 0 Å². The molecule has 5 nitrogen and oxygen atoms in total. The van der Waals surface area contributed by atoms with E-state index in [1.807, 2.05) is 18.2 Å². The first-order valence-corrected chi connectivity index (χ1v) is 8.21. The number of nitrogens with zero attached hydrogens (tertiary/aromatic N) is 2. The highest BCUT2D eigenvalue weighted by Gasteiger charge is 2.28. The van der Waals surface area contributed by atoms with Crippen LogP contribution >= 0.6 is 0 Å². The van der Waals surface area contributed by atoms with Crippen molar-refractivity contribution in [3.8, 4) is 17.0 Å². The number of fused-ring (bicyclic) bond motifs is 2. The quantitative estimate of drug-likeness (QED) is 0.880. The zero-order valence-corrected chi connectivity index (χ0v) is 13.7.